The lowest BCUT2D eigenvalue weighted by Crippen LogP contribution is -2.04. The van der Waals surface area contributed by atoms with Crippen LogP contribution in [-0.2, 0) is 0 Å². The maximum atomic E-state index is 14.3. The number of fused-ring (bicyclic) bond motifs is 3. The summed E-state index contributed by atoms with van der Waals surface area (Å²) >= 11 is 0. The zero-order valence-electron chi connectivity index (χ0n) is 16.7. The van der Waals surface area contributed by atoms with E-state index in [0.717, 1.165) is 24.3 Å². The summed E-state index contributed by atoms with van der Waals surface area (Å²) in [6.07, 6.45) is 0. The van der Waals surface area contributed by atoms with E-state index >= 15 is 0 Å². The van der Waals surface area contributed by atoms with Gasteiger partial charge < -0.3 is 4.98 Å². The van der Waals surface area contributed by atoms with Crippen molar-refractivity contribution in [2.24, 2.45) is 0 Å². The fourth-order valence-corrected chi connectivity index (χ4v) is 3.92. The Hall–Kier alpha value is -4.02. The Morgan fingerprint density at radius 1 is 0.371 bits per heavy atom. The monoisotopic (exact) mass is 499 g/mol. The van der Waals surface area contributed by atoms with Crippen molar-refractivity contribution in [1.82, 2.24) is 4.98 Å². The zero-order valence-corrected chi connectivity index (χ0v) is 16.7. The number of halogens is 10. The Morgan fingerprint density at radius 2 is 0.657 bits per heavy atom. The molecule has 4 aromatic carbocycles. The van der Waals surface area contributed by atoms with Crippen LogP contribution in [0.15, 0.2) is 36.4 Å². The topological polar surface area (TPSA) is 15.8 Å². The normalized spacial score (nSPS) is 11.7. The number of rotatable bonds is 2. The number of nitrogens with one attached hydrogen (secondary N) is 1. The molecule has 0 saturated heterocycles. The summed E-state index contributed by atoms with van der Waals surface area (Å²) in [5.74, 6) is -21.5. The van der Waals surface area contributed by atoms with Gasteiger partial charge in [-0.3, -0.25) is 0 Å². The van der Waals surface area contributed by atoms with Gasteiger partial charge in [0.1, 0.15) is 0 Å². The molecule has 11 heteroatoms. The van der Waals surface area contributed by atoms with E-state index in [2.05, 4.69) is 4.98 Å². The highest BCUT2D eigenvalue weighted by atomic mass is 19.2. The number of aromatic nitrogens is 1. The van der Waals surface area contributed by atoms with Crippen molar-refractivity contribution < 1.29 is 43.9 Å². The molecule has 5 aromatic rings. The lowest BCUT2D eigenvalue weighted by molar-refractivity contribution is 0.381. The van der Waals surface area contributed by atoms with Gasteiger partial charge in [0, 0.05) is 21.8 Å². The standard InChI is InChI=1S/C24H7F10N/c25-15-13(16(26)20(30)23(33)19(15)29)7-1-3-11-9(5-7)10-6-8(2-4-12(10)35-11)14-17(27)21(31)24(34)22(32)18(14)28/h1-6,35H. The van der Waals surface area contributed by atoms with E-state index in [9.17, 15) is 43.9 Å². The molecule has 0 aliphatic carbocycles. The lowest BCUT2D eigenvalue weighted by atomic mass is 9.98. The highest BCUT2D eigenvalue weighted by molar-refractivity contribution is 6.09. The van der Waals surface area contributed by atoms with Crippen LogP contribution in [0.3, 0.4) is 0 Å². The van der Waals surface area contributed by atoms with Gasteiger partial charge in [-0.2, -0.15) is 0 Å². The average Bonchev–Trinajstić information content (AvgIpc) is 3.21. The minimum Gasteiger partial charge on any atom is -0.355 e. The summed E-state index contributed by atoms with van der Waals surface area (Å²) < 4.78 is 139. The van der Waals surface area contributed by atoms with E-state index in [1.807, 2.05) is 0 Å². The molecule has 0 radical (unpaired) electrons. The van der Waals surface area contributed by atoms with E-state index in [1.54, 1.807) is 0 Å². The first-order chi connectivity index (χ1) is 16.5. The minimum absolute atomic E-state index is 0.118. The second kappa shape index (κ2) is 7.76. The smallest absolute Gasteiger partial charge is 0.200 e. The molecule has 0 bridgehead atoms. The molecule has 0 saturated carbocycles. The van der Waals surface area contributed by atoms with Crippen LogP contribution < -0.4 is 0 Å². The molecule has 178 valence electrons. The number of hydrogen-bond donors (Lipinski definition) is 1. The molecule has 0 unspecified atom stereocenters. The van der Waals surface area contributed by atoms with Gasteiger partial charge in [-0.05, 0) is 35.4 Å². The third-order valence-electron chi connectivity index (χ3n) is 5.60. The summed E-state index contributed by atoms with van der Waals surface area (Å²) in [4.78, 5) is 2.87. The maximum Gasteiger partial charge on any atom is 0.200 e. The fourth-order valence-electron chi connectivity index (χ4n) is 3.92. The third kappa shape index (κ3) is 3.17. The molecule has 1 N–H and O–H groups in total. The molecule has 0 aliphatic rings. The van der Waals surface area contributed by atoms with Crippen LogP contribution in [0.4, 0.5) is 43.9 Å². The Balaban J connectivity index is 1.78. The predicted molar refractivity (Wildman–Crippen MR) is 106 cm³/mol. The summed E-state index contributed by atoms with van der Waals surface area (Å²) in [7, 11) is 0. The fraction of sp³-hybridized carbons (Fsp3) is 0. The van der Waals surface area contributed by atoms with Gasteiger partial charge in [0.2, 0.25) is 11.6 Å². The van der Waals surface area contributed by atoms with Crippen molar-refractivity contribution >= 4 is 21.8 Å². The Labute approximate surface area is 188 Å². The van der Waals surface area contributed by atoms with Crippen LogP contribution in [0.2, 0.25) is 0 Å². The first-order valence-electron chi connectivity index (χ1n) is 9.62. The summed E-state index contributed by atoms with van der Waals surface area (Å²) in [5.41, 5.74) is -2.63. The van der Waals surface area contributed by atoms with Crippen LogP contribution in [0.5, 0.6) is 0 Å². The Bertz CT molecular complexity index is 1520. The van der Waals surface area contributed by atoms with Gasteiger partial charge in [-0.25, -0.2) is 43.9 Å². The average molecular weight is 499 g/mol. The summed E-state index contributed by atoms with van der Waals surface area (Å²) in [6.45, 7) is 0. The molecule has 0 atom stereocenters. The zero-order chi connectivity index (χ0) is 25.3. The van der Waals surface area contributed by atoms with Crippen molar-refractivity contribution in [3.8, 4) is 22.3 Å². The van der Waals surface area contributed by atoms with Crippen molar-refractivity contribution in [3.63, 3.8) is 0 Å². The third-order valence-corrected chi connectivity index (χ3v) is 5.60. The first kappa shape index (κ1) is 22.8. The molecule has 0 amide bonds. The summed E-state index contributed by atoms with van der Waals surface area (Å²) in [6, 6.07) is 6.83. The van der Waals surface area contributed by atoms with Gasteiger partial charge in [0.25, 0.3) is 0 Å². The van der Waals surface area contributed by atoms with E-state index in [4.69, 9.17) is 0 Å². The summed E-state index contributed by atoms with van der Waals surface area (Å²) in [5, 5.41) is 0.235. The maximum absolute atomic E-state index is 14.3. The van der Waals surface area contributed by atoms with Crippen molar-refractivity contribution in [2.45, 2.75) is 0 Å². The van der Waals surface area contributed by atoms with Crippen LogP contribution in [0.1, 0.15) is 0 Å². The molecule has 1 heterocycles. The van der Waals surface area contributed by atoms with E-state index < -0.39 is 80.4 Å². The van der Waals surface area contributed by atoms with E-state index in [-0.39, 0.29) is 10.8 Å². The number of H-pyrrole nitrogens is 1. The SMILES string of the molecule is Fc1c(F)c(F)c(-c2ccc3[nH]c4ccc(-c5c(F)c(F)c(F)c(F)c5F)cc4c3c2)c(F)c1F. The molecule has 1 aromatic heterocycles. The second-order valence-corrected chi connectivity index (χ2v) is 7.54. The Kier molecular flexibility index (Phi) is 5.04. The predicted octanol–water partition coefficient (Wildman–Crippen LogP) is 8.05. The molecular formula is C24H7F10N. The molecular weight excluding hydrogens is 492 g/mol. The largest absolute Gasteiger partial charge is 0.355 e. The minimum atomic E-state index is -2.33. The molecule has 35 heavy (non-hydrogen) atoms. The van der Waals surface area contributed by atoms with Gasteiger partial charge >= 0.3 is 0 Å². The van der Waals surface area contributed by atoms with Crippen LogP contribution in [-0.4, -0.2) is 4.98 Å². The molecule has 1 nitrogen and oxygen atoms in total. The number of benzene rings is 4. The van der Waals surface area contributed by atoms with Gasteiger partial charge in [0.05, 0.1) is 11.1 Å². The van der Waals surface area contributed by atoms with Crippen LogP contribution >= 0.6 is 0 Å². The van der Waals surface area contributed by atoms with Crippen LogP contribution in [0.25, 0.3) is 44.1 Å². The molecule has 0 spiro atoms. The molecule has 0 aliphatic heterocycles. The van der Waals surface area contributed by atoms with Gasteiger partial charge in [-0.1, -0.05) is 12.1 Å². The van der Waals surface area contributed by atoms with E-state index in [1.165, 1.54) is 12.1 Å². The van der Waals surface area contributed by atoms with Crippen LogP contribution in [0, 0.1) is 58.2 Å². The van der Waals surface area contributed by atoms with E-state index in [0.29, 0.717) is 11.0 Å². The quantitative estimate of drug-likeness (QED) is 0.144. The highest BCUT2D eigenvalue weighted by Gasteiger charge is 2.28. The Morgan fingerprint density at radius 3 is 0.971 bits per heavy atom. The van der Waals surface area contributed by atoms with Gasteiger partial charge in [0.15, 0.2) is 46.5 Å². The van der Waals surface area contributed by atoms with Crippen molar-refractivity contribution in [3.05, 3.63) is 94.6 Å². The van der Waals surface area contributed by atoms with Gasteiger partial charge in [-0.15, -0.1) is 0 Å². The lowest BCUT2D eigenvalue weighted by Gasteiger charge is -2.09. The number of aromatic amines is 1. The molecule has 0 fully saturated rings. The molecule has 5 rings (SSSR count). The second-order valence-electron chi connectivity index (χ2n) is 7.54. The first-order valence-corrected chi connectivity index (χ1v) is 9.62. The highest BCUT2D eigenvalue weighted by Crippen LogP contribution is 2.38. The number of hydrogen-bond acceptors (Lipinski definition) is 0. The van der Waals surface area contributed by atoms with Crippen molar-refractivity contribution in [1.29, 1.82) is 0 Å². The van der Waals surface area contributed by atoms with Crippen molar-refractivity contribution in [2.75, 3.05) is 0 Å².